The van der Waals surface area contributed by atoms with Crippen molar-refractivity contribution in [2.75, 3.05) is 0 Å². The Kier molecular flexibility index (Phi) is 2.50. The molecule has 2 aliphatic rings. The van der Waals surface area contributed by atoms with E-state index in [1.165, 1.54) is 25.3 Å². The fraction of sp³-hybridized carbons (Fsp3) is 0.538. The van der Waals surface area contributed by atoms with Crippen LogP contribution in [0.25, 0.3) is 0 Å². The number of ether oxygens (including phenoxy) is 1. The average molecular weight is 233 g/mol. The van der Waals surface area contributed by atoms with Crippen LogP contribution in [0.3, 0.4) is 0 Å². The number of benzene rings is 1. The molecule has 2 aliphatic carbocycles. The molecule has 0 bridgehead atoms. The highest BCUT2D eigenvalue weighted by Gasteiger charge is 2.46. The lowest BCUT2D eigenvalue weighted by Crippen LogP contribution is -2.23. The number of fused-ring (bicyclic) bond motifs is 1. The summed E-state index contributed by atoms with van der Waals surface area (Å²) in [6, 6.07) is 6.66. The van der Waals surface area contributed by atoms with E-state index in [2.05, 4.69) is 0 Å². The number of nitro groups is 1. The normalized spacial score (nSPS) is 30.5. The van der Waals surface area contributed by atoms with Gasteiger partial charge in [0.25, 0.3) is 0 Å². The number of hydrogen-bond acceptors (Lipinski definition) is 3. The molecule has 4 heteroatoms. The summed E-state index contributed by atoms with van der Waals surface area (Å²) in [6.07, 6.45) is 4.96. The topological polar surface area (TPSA) is 52.4 Å². The SMILES string of the molecule is O=[N+]([O-])c1ccccc1OC1CCCC2CC21. The van der Waals surface area contributed by atoms with Crippen LogP contribution in [0, 0.1) is 22.0 Å². The third-order valence-corrected chi connectivity index (χ3v) is 3.86. The van der Waals surface area contributed by atoms with E-state index in [4.69, 9.17) is 4.74 Å². The van der Waals surface area contributed by atoms with Gasteiger partial charge in [-0.05, 0) is 43.6 Å². The van der Waals surface area contributed by atoms with Gasteiger partial charge in [0, 0.05) is 6.07 Å². The largest absolute Gasteiger partial charge is 0.483 e. The zero-order valence-electron chi connectivity index (χ0n) is 9.54. The first-order chi connectivity index (χ1) is 8.25. The van der Waals surface area contributed by atoms with Crippen molar-refractivity contribution in [2.45, 2.75) is 31.8 Å². The summed E-state index contributed by atoms with van der Waals surface area (Å²) in [5.41, 5.74) is 0.0790. The van der Waals surface area contributed by atoms with Crippen molar-refractivity contribution in [1.82, 2.24) is 0 Å². The predicted molar refractivity (Wildman–Crippen MR) is 63.0 cm³/mol. The Morgan fingerprint density at radius 3 is 2.94 bits per heavy atom. The number of nitro benzene ring substituents is 1. The van der Waals surface area contributed by atoms with Crippen molar-refractivity contribution in [3.8, 4) is 5.75 Å². The molecule has 3 rings (SSSR count). The van der Waals surface area contributed by atoms with Crippen molar-refractivity contribution in [3.63, 3.8) is 0 Å². The highest BCUT2D eigenvalue weighted by atomic mass is 16.6. The third-order valence-electron chi connectivity index (χ3n) is 3.86. The van der Waals surface area contributed by atoms with Gasteiger partial charge in [0.05, 0.1) is 4.92 Å². The Labute approximate surface area is 99.7 Å². The Morgan fingerprint density at radius 1 is 1.29 bits per heavy atom. The van der Waals surface area contributed by atoms with Crippen LogP contribution in [0.15, 0.2) is 24.3 Å². The molecule has 0 saturated heterocycles. The first-order valence-electron chi connectivity index (χ1n) is 6.16. The van der Waals surface area contributed by atoms with Crippen molar-refractivity contribution < 1.29 is 9.66 Å². The molecule has 0 aromatic heterocycles. The van der Waals surface area contributed by atoms with Crippen molar-refractivity contribution in [2.24, 2.45) is 11.8 Å². The Hall–Kier alpha value is -1.58. The quantitative estimate of drug-likeness (QED) is 0.595. The van der Waals surface area contributed by atoms with E-state index in [-0.39, 0.29) is 16.7 Å². The summed E-state index contributed by atoms with van der Waals surface area (Å²) in [6.45, 7) is 0. The van der Waals surface area contributed by atoms with Gasteiger partial charge in [0.1, 0.15) is 6.10 Å². The second kappa shape index (κ2) is 4.02. The molecule has 3 unspecified atom stereocenters. The molecular formula is C13H15NO3. The zero-order valence-corrected chi connectivity index (χ0v) is 9.54. The minimum absolute atomic E-state index is 0.0790. The Morgan fingerprint density at radius 2 is 2.12 bits per heavy atom. The molecule has 17 heavy (non-hydrogen) atoms. The van der Waals surface area contributed by atoms with Crippen LogP contribution in [-0.4, -0.2) is 11.0 Å². The van der Waals surface area contributed by atoms with Gasteiger partial charge in [-0.1, -0.05) is 12.1 Å². The zero-order chi connectivity index (χ0) is 11.8. The summed E-state index contributed by atoms with van der Waals surface area (Å²) >= 11 is 0. The van der Waals surface area contributed by atoms with E-state index in [1.54, 1.807) is 18.2 Å². The van der Waals surface area contributed by atoms with Crippen molar-refractivity contribution in [3.05, 3.63) is 34.4 Å². The summed E-state index contributed by atoms with van der Waals surface area (Å²) in [7, 11) is 0. The van der Waals surface area contributed by atoms with E-state index in [9.17, 15) is 10.1 Å². The molecule has 1 aromatic rings. The molecule has 2 fully saturated rings. The number of rotatable bonds is 3. The maximum absolute atomic E-state index is 10.9. The molecule has 0 aliphatic heterocycles. The summed E-state index contributed by atoms with van der Waals surface area (Å²) in [5.74, 6) is 1.88. The lowest BCUT2D eigenvalue weighted by molar-refractivity contribution is -0.386. The van der Waals surface area contributed by atoms with Gasteiger partial charge in [0.2, 0.25) is 0 Å². The smallest absolute Gasteiger partial charge is 0.310 e. The average Bonchev–Trinajstić information content (AvgIpc) is 3.09. The highest BCUT2D eigenvalue weighted by Crippen LogP contribution is 2.51. The van der Waals surface area contributed by atoms with Gasteiger partial charge in [-0.25, -0.2) is 0 Å². The number of nitrogens with zero attached hydrogens (tertiary/aromatic N) is 1. The van der Waals surface area contributed by atoms with E-state index in [0.717, 1.165) is 12.3 Å². The highest BCUT2D eigenvalue weighted by molar-refractivity contribution is 5.45. The minimum Gasteiger partial charge on any atom is -0.483 e. The molecule has 0 N–H and O–H groups in total. The molecule has 0 amide bonds. The summed E-state index contributed by atoms with van der Waals surface area (Å²) in [5, 5.41) is 10.9. The molecule has 0 spiro atoms. The third kappa shape index (κ3) is 1.99. The second-order valence-electron chi connectivity index (χ2n) is 4.97. The van der Waals surface area contributed by atoms with E-state index < -0.39 is 0 Å². The Balaban J connectivity index is 1.78. The molecule has 2 saturated carbocycles. The van der Waals surface area contributed by atoms with E-state index >= 15 is 0 Å². The maximum Gasteiger partial charge on any atom is 0.310 e. The van der Waals surface area contributed by atoms with Gasteiger partial charge in [0.15, 0.2) is 5.75 Å². The fourth-order valence-corrected chi connectivity index (χ4v) is 2.87. The summed E-state index contributed by atoms with van der Waals surface area (Å²) < 4.78 is 5.86. The maximum atomic E-state index is 10.9. The van der Waals surface area contributed by atoms with Crippen LogP contribution < -0.4 is 4.74 Å². The lowest BCUT2D eigenvalue weighted by atomic mass is 9.98. The van der Waals surface area contributed by atoms with Crippen LogP contribution in [0.2, 0.25) is 0 Å². The van der Waals surface area contributed by atoms with Crippen LogP contribution in [0.5, 0.6) is 5.75 Å². The van der Waals surface area contributed by atoms with Gasteiger partial charge < -0.3 is 4.74 Å². The van der Waals surface area contributed by atoms with Gasteiger partial charge in [-0.2, -0.15) is 0 Å². The molecule has 3 atom stereocenters. The van der Waals surface area contributed by atoms with Crippen molar-refractivity contribution >= 4 is 5.69 Å². The van der Waals surface area contributed by atoms with Gasteiger partial charge >= 0.3 is 5.69 Å². The van der Waals surface area contributed by atoms with Crippen LogP contribution in [0.1, 0.15) is 25.7 Å². The van der Waals surface area contributed by atoms with Crippen LogP contribution in [-0.2, 0) is 0 Å². The first kappa shape index (κ1) is 10.6. The molecule has 90 valence electrons. The Bertz CT molecular complexity index is 446. The standard InChI is InChI=1S/C13H15NO3/c15-14(16)11-5-1-2-6-13(11)17-12-7-3-4-9-8-10(9)12/h1-2,5-6,9-10,12H,3-4,7-8H2. The molecule has 0 radical (unpaired) electrons. The van der Waals surface area contributed by atoms with Gasteiger partial charge in [-0.3, -0.25) is 10.1 Å². The summed E-state index contributed by atoms with van der Waals surface area (Å²) in [4.78, 5) is 10.5. The predicted octanol–water partition coefficient (Wildman–Crippen LogP) is 3.16. The monoisotopic (exact) mass is 233 g/mol. The van der Waals surface area contributed by atoms with Crippen LogP contribution in [0.4, 0.5) is 5.69 Å². The van der Waals surface area contributed by atoms with E-state index in [0.29, 0.717) is 11.7 Å². The number of para-hydroxylation sites is 2. The van der Waals surface area contributed by atoms with E-state index in [1.807, 2.05) is 0 Å². The van der Waals surface area contributed by atoms with Crippen LogP contribution >= 0.6 is 0 Å². The lowest BCUT2D eigenvalue weighted by Gasteiger charge is -2.22. The fourth-order valence-electron chi connectivity index (χ4n) is 2.87. The van der Waals surface area contributed by atoms with Crippen molar-refractivity contribution in [1.29, 1.82) is 0 Å². The van der Waals surface area contributed by atoms with Gasteiger partial charge in [-0.15, -0.1) is 0 Å². The molecule has 4 nitrogen and oxygen atoms in total. The molecule has 0 heterocycles. The molecule has 1 aromatic carbocycles. The second-order valence-corrected chi connectivity index (χ2v) is 4.97. The number of hydrogen-bond donors (Lipinski definition) is 0. The first-order valence-corrected chi connectivity index (χ1v) is 6.16. The minimum atomic E-state index is -0.372. The molecular weight excluding hydrogens is 218 g/mol.